The molecule has 1 saturated heterocycles. The van der Waals surface area contributed by atoms with Crippen molar-refractivity contribution in [1.29, 1.82) is 0 Å². The van der Waals surface area contributed by atoms with Crippen LogP contribution in [-0.2, 0) is 27.4 Å². The SMILES string of the molecule is CC(C)(C)[S+]([O-])N(OC(=O)C(F)(F)F)C1c2ncccc2CC12CCNCC2. The average Bonchev–Trinajstić information content (AvgIpc) is 2.90. The molecule has 2 heterocycles. The molecule has 28 heavy (non-hydrogen) atoms. The van der Waals surface area contributed by atoms with Crippen molar-refractivity contribution >= 4 is 17.3 Å². The Balaban J connectivity index is 2.08. The first-order valence-corrected chi connectivity index (χ1v) is 10.2. The van der Waals surface area contributed by atoms with Crippen molar-refractivity contribution < 1.29 is 27.4 Å². The first-order valence-electron chi connectivity index (χ1n) is 9.11. The standard InChI is InChI=1S/C18H24F3N3O3S/c1-16(2,3)28(26)24(27-15(25)18(19,20)21)14-13-12(5-4-8-23-13)11-17(14)6-9-22-10-7-17/h4-5,8,14,22H,6-7,9-11H2,1-3H3. The van der Waals surface area contributed by atoms with Crippen LogP contribution >= 0.6 is 0 Å². The molecule has 1 N–H and O–H groups in total. The van der Waals surface area contributed by atoms with E-state index in [4.69, 9.17) is 4.84 Å². The van der Waals surface area contributed by atoms with Gasteiger partial charge in [-0.25, -0.2) is 4.79 Å². The first kappa shape index (κ1) is 21.4. The van der Waals surface area contributed by atoms with Gasteiger partial charge in [0.25, 0.3) is 0 Å². The number of halogens is 3. The third-order valence-electron chi connectivity index (χ3n) is 5.21. The number of hydrogen-bond donors (Lipinski definition) is 1. The van der Waals surface area contributed by atoms with Crippen molar-refractivity contribution in [2.75, 3.05) is 13.1 Å². The molecule has 2 aliphatic rings. The van der Waals surface area contributed by atoms with Gasteiger partial charge in [-0.2, -0.15) is 13.2 Å². The van der Waals surface area contributed by atoms with Crippen molar-refractivity contribution in [2.45, 2.75) is 57.0 Å². The summed E-state index contributed by atoms with van der Waals surface area (Å²) in [5.41, 5.74) is 0.902. The Bertz CT molecular complexity index is 733. The van der Waals surface area contributed by atoms with Crippen LogP contribution in [0.4, 0.5) is 13.2 Å². The number of rotatable bonds is 3. The van der Waals surface area contributed by atoms with E-state index in [1.807, 2.05) is 6.07 Å². The van der Waals surface area contributed by atoms with E-state index in [0.29, 0.717) is 38.0 Å². The molecule has 1 aromatic rings. The first-order chi connectivity index (χ1) is 13.0. The van der Waals surface area contributed by atoms with Crippen molar-refractivity contribution in [3.05, 3.63) is 29.6 Å². The molecule has 1 aromatic heterocycles. The quantitative estimate of drug-likeness (QED) is 0.600. The van der Waals surface area contributed by atoms with Crippen molar-refractivity contribution in [1.82, 2.24) is 14.8 Å². The van der Waals surface area contributed by atoms with Crippen LogP contribution in [0.2, 0.25) is 0 Å². The Morgan fingerprint density at radius 2 is 2.00 bits per heavy atom. The van der Waals surface area contributed by atoms with Gasteiger partial charge in [0.2, 0.25) is 0 Å². The molecule has 0 aromatic carbocycles. The zero-order chi connectivity index (χ0) is 20.7. The molecular weight excluding hydrogens is 395 g/mol. The smallest absolute Gasteiger partial charge is 0.492 e. The number of carbonyl (C=O) groups is 1. The second-order valence-electron chi connectivity index (χ2n) is 8.26. The van der Waals surface area contributed by atoms with Gasteiger partial charge in [0.15, 0.2) is 0 Å². The zero-order valence-corrected chi connectivity index (χ0v) is 16.8. The maximum Gasteiger partial charge on any atom is 0.492 e. The molecular formula is C18H24F3N3O3S. The Kier molecular flexibility index (Phi) is 5.70. The Morgan fingerprint density at radius 3 is 2.57 bits per heavy atom. The van der Waals surface area contributed by atoms with Gasteiger partial charge in [0.1, 0.15) is 10.8 Å². The van der Waals surface area contributed by atoms with Gasteiger partial charge in [0, 0.05) is 11.6 Å². The molecule has 2 atom stereocenters. The van der Waals surface area contributed by atoms with Gasteiger partial charge >= 0.3 is 12.1 Å². The van der Waals surface area contributed by atoms with E-state index in [0.717, 1.165) is 10.0 Å². The Hall–Kier alpha value is -1.36. The van der Waals surface area contributed by atoms with Gasteiger partial charge in [0.05, 0.1) is 21.5 Å². The number of hydroxylamine groups is 1. The number of pyridine rings is 1. The molecule has 1 fully saturated rings. The fraction of sp³-hybridized carbons (Fsp3) is 0.667. The highest BCUT2D eigenvalue weighted by Crippen LogP contribution is 2.54. The predicted molar refractivity (Wildman–Crippen MR) is 97.1 cm³/mol. The maximum atomic E-state index is 13.2. The largest absolute Gasteiger partial charge is 0.595 e. The van der Waals surface area contributed by atoms with Gasteiger partial charge in [-0.05, 0) is 64.8 Å². The molecule has 6 nitrogen and oxygen atoms in total. The van der Waals surface area contributed by atoms with E-state index in [1.54, 1.807) is 33.0 Å². The summed E-state index contributed by atoms with van der Waals surface area (Å²) in [5.74, 6) is -2.38. The summed E-state index contributed by atoms with van der Waals surface area (Å²) in [5, 5.41) is 3.24. The van der Waals surface area contributed by atoms with Crippen LogP contribution < -0.4 is 5.32 Å². The van der Waals surface area contributed by atoms with E-state index in [2.05, 4.69) is 10.3 Å². The predicted octanol–water partition coefficient (Wildman–Crippen LogP) is 2.83. The zero-order valence-electron chi connectivity index (χ0n) is 16.0. The van der Waals surface area contributed by atoms with Gasteiger partial charge < -0.3 is 14.7 Å². The molecule has 0 bridgehead atoms. The summed E-state index contributed by atoms with van der Waals surface area (Å²) in [7, 11) is 0. The van der Waals surface area contributed by atoms with Crippen molar-refractivity contribution in [3.8, 4) is 0 Å². The lowest BCUT2D eigenvalue weighted by Crippen LogP contribution is -2.52. The van der Waals surface area contributed by atoms with E-state index in [-0.39, 0.29) is 0 Å². The van der Waals surface area contributed by atoms with Gasteiger partial charge in [-0.1, -0.05) is 6.07 Å². The van der Waals surface area contributed by atoms with Crippen LogP contribution in [0.1, 0.15) is 50.9 Å². The topological polar surface area (TPSA) is 77.5 Å². The number of piperidine rings is 1. The lowest BCUT2D eigenvalue weighted by Gasteiger charge is -2.43. The van der Waals surface area contributed by atoms with E-state index >= 15 is 0 Å². The minimum Gasteiger partial charge on any atom is -0.595 e. The van der Waals surface area contributed by atoms with Crippen LogP contribution in [0.25, 0.3) is 0 Å². The number of aromatic nitrogens is 1. The number of fused-ring (bicyclic) bond motifs is 1. The summed E-state index contributed by atoms with van der Waals surface area (Å²) < 4.78 is 51.9. The summed E-state index contributed by atoms with van der Waals surface area (Å²) in [4.78, 5) is 20.8. The lowest BCUT2D eigenvalue weighted by molar-refractivity contribution is -0.233. The highest BCUT2D eigenvalue weighted by molar-refractivity contribution is 7.90. The number of nitrogens with zero attached hydrogens (tertiary/aromatic N) is 2. The number of hydrogen-bond acceptors (Lipinski definition) is 6. The second kappa shape index (κ2) is 7.47. The summed E-state index contributed by atoms with van der Waals surface area (Å²) in [6.45, 7) is 6.23. The Labute approximate surface area is 165 Å². The normalized spacial score (nSPS) is 22.9. The number of alkyl halides is 3. The number of carbonyl (C=O) groups excluding carboxylic acids is 1. The van der Waals surface area contributed by atoms with E-state index in [9.17, 15) is 22.5 Å². The minimum atomic E-state index is -5.19. The Morgan fingerprint density at radius 1 is 1.36 bits per heavy atom. The molecule has 0 radical (unpaired) electrons. The molecule has 1 spiro atoms. The fourth-order valence-corrected chi connectivity index (χ4v) is 5.09. The van der Waals surface area contributed by atoms with Gasteiger partial charge in [-0.3, -0.25) is 4.98 Å². The van der Waals surface area contributed by atoms with Crippen LogP contribution in [0.5, 0.6) is 0 Å². The molecule has 1 aliphatic carbocycles. The molecule has 0 saturated carbocycles. The van der Waals surface area contributed by atoms with Crippen LogP contribution in [0.15, 0.2) is 18.3 Å². The van der Waals surface area contributed by atoms with E-state index in [1.165, 1.54) is 0 Å². The van der Waals surface area contributed by atoms with Crippen molar-refractivity contribution in [2.24, 2.45) is 5.41 Å². The van der Waals surface area contributed by atoms with E-state index < -0.39 is 39.7 Å². The highest BCUT2D eigenvalue weighted by Gasteiger charge is 2.58. The second-order valence-corrected chi connectivity index (χ2v) is 10.3. The minimum absolute atomic E-state index is 0.505. The monoisotopic (exact) mass is 419 g/mol. The highest BCUT2D eigenvalue weighted by atomic mass is 32.2. The molecule has 156 valence electrons. The fourth-order valence-electron chi connectivity index (χ4n) is 3.90. The molecule has 0 amide bonds. The maximum absolute atomic E-state index is 13.2. The summed E-state index contributed by atoms with van der Waals surface area (Å²) >= 11 is -2.03. The molecule has 1 aliphatic heterocycles. The van der Waals surface area contributed by atoms with Crippen LogP contribution in [0.3, 0.4) is 0 Å². The average molecular weight is 419 g/mol. The van der Waals surface area contributed by atoms with Crippen molar-refractivity contribution in [3.63, 3.8) is 0 Å². The van der Waals surface area contributed by atoms with Gasteiger partial charge in [-0.15, -0.1) is 0 Å². The molecule has 3 rings (SSSR count). The molecule has 10 heteroatoms. The van der Waals surface area contributed by atoms with Crippen LogP contribution in [-0.4, -0.2) is 44.0 Å². The molecule has 2 unspecified atom stereocenters. The summed E-state index contributed by atoms with van der Waals surface area (Å²) in [6.07, 6.45) is -1.75. The van der Waals surface area contributed by atoms with Crippen LogP contribution in [0, 0.1) is 5.41 Å². The number of nitrogens with one attached hydrogen (secondary N) is 1. The third kappa shape index (κ3) is 4.00. The lowest BCUT2D eigenvalue weighted by atomic mass is 9.74. The third-order valence-corrected chi connectivity index (χ3v) is 6.87. The summed E-state index contributed by atoms with van der Waals surface area (Å²) in [6, 6.07) is 2.83.